The second-order valence-electron chi connectivity index (χ2n) is 9.18. The summed E-state index contributed by atoms with van der Waals surface area (Å²) in [5, 5.41) is 6.77. The van der Waals surface area contributed by atoms with Crippen LogP contribution in [0.5, 0.6) is 0 Å². The number of methoxy groups -OCH3 is 1. The largest absolute Gasteiger partial charge is 0.375 e. The number of hydrogen-bond acceptors (Lipinski definition) is 4. The minimum Gasteiger partial charge on any atom is -0.375 e. The quantitative estimate of drug-likeness (QED) is 0.240. The van der Waals surface area contributed by atoms with Gasteiger partial charge in [-0.15, -0.1) is 0 Å². The topological polar surface area (TPSA) is 66.0 Å². The zero-order chi connectivity index (χ0) is 25.8. The number of ether oxygens (including phenoxy) is 1. The molecule has 1 amide bonds. The van der Waals surface area contributed by atoms with Crippen LogP contribution in [0.3, 0.4) is 0 Å². The number of aliphatic imine (C=N–C) groups is 1. The van der Waals surface area contributed by atoms with E-state index in [9.17, 15) is 4.79 Å². The van der Waals surface area contributed by atoms with Gasteiger partial charge in [0.2, 0.25) is 5.91 Å². The lowest BCUT2D eigenvalue weighted by molar-refractivity contribution is -0.124. The molecule has 6 nitrogen and oxygen atoms in total. The van der Waals surface area contributed by atoms with Crippen molar-refractivity contribution in [1.82, 2.24) is 15.5 Å². The molecule has 0 aromatic heterocycles. The van der Waals surface area contributed by atoms with Gasteiger partial charge in [0.1, 0.15) is 6.61 Å². The van der Waals surface area contributed by atoms with Gasteiger partial charge >= 0.3 is 0 Å². The number of rotatable bonds is 12. The molecule has 35 heavy (non-hydrogen) atoms. The van der Waals surface area contributed by atoms with E-state index < -0.39 is 6.04 Å². The predicted octanol–water partition coefficient (Wildman–Crippen LogP) is 5.03. The average molecular weight is 501 g/mol. The number of halogens is 1. The van der Waals surface area contributed by atoms with Crippen LogP contribution in [0.4, 0.5) is 0 Å². The number of nitrogens with one attached hydrogen (secondary N) is 2. The molecule has 7 heteroatoms. The van der Waals surface area contributed by atoms with Gasteiger partial charge in [0.15, 0.2) is 0 Å². The fourth-order valence-electron chi connectivity index (χ4n) is 4.71. The Bertz CT molecular complexity index is 933. The normalized spacial score (nSPS) is 17.6. The number of allylic oxidation sites excluding steroid dienone is 2. The number of piperidine rings is 1. The zero-order valence-electron chi connectivity index (χ0n) is 21.8. The maximum atomic E-state index is 12.5. The monoisotopic (exact) mass is 500 g/mol. The van der Waals surface area contributed by atoms with Gasteiger partial charge in [-0.1, -0.05) is 36.4 Å². The third-order valence-electron chi connectivity index (χ3n) is 6.62. The molecule has 2 atom stereocenters. The number of nitrogens with zero attached hydrogens (tertiary/aromatic N) is 2. The van der Waals surface area contributed by atoms with Crippen molar-refractivity contribution in [3.05, 3.63) is 64.9 Å². The summed E-state index contributed by atoms with van der Waals surface area (Å²) in [5.41, 5.74) is 3.92. The van der Waals surface area contributed by atoms with Gasteiger partial charge in [-0.2, -0.15) is 0 Å². The minimum atomic E-state index is -0.424. The summed E-state index contributed by atoms with van der Waals surface area (Å²) in [4.78, 5) is 18.9. The van der Waals surface area contributed by atoms with E-state index in [1.807, 2.05) is 25.3 Å². The van der Waals surface area contributed by atoms with Crippen LogP contribution >= 0.6 is 11.6 Å². The Morgan fingerprint density at radius 3 is 2.71 bits per heavy atom. The van der Waals surface area contributed by atoms with Crippen LogP contribution < -0.4 is 10.6 Å². The number of likely N-dealkylation sites (tertiary alicyclic amines) is 1. The molecule has 0 aliphatic carbocycles. The summed E-state index contributed by atoms with van der Waals surface area (Å²) in [7, 11) is 5.39. The predicted molar refractivity (Wildman–Crippen MR) is 148 cm³/mol. The van der Waals surface area contributed by atoms with E-state index in [0.717, 1.165) is 49.1 Å². The number of hydrogen-bond donors (Lipinski definition) is 2. The van der Waals surface area contributed by atoms with Crippen LogP contribution in [-0.2, 0) is 9.53 Å². The molecule has 1 heterocycles. The molecule has 1 aliphatic heterocycles. The standard InChI is InChI=1S/C28H41ClN4O2/c1-7-8-9-24(22-12-14-33(5)15-13-22)25-11-10-23(29)16-26(25)21(3)28(32-27(34)18-35-6)20(2)17-31-19-30-4/h7-8,10-11,16-17,19,22,24,28H,3,9,12-15,18H2,1-2,4-6H3,(H,30,31)(H,32,34)/b8-7-,20-17+. The molecule has 2 rings (SSSR count). The molecule has 1 aromatic carbocycles. The molecule has 1 aromatic rings. The first-order chi connectivity index (χ1) is 16.8. The van der Waals surface area contributed by atoms with Gasteiger partial charge < -0.3 is 20.3 Å². The number of amides is 1. The third-order valence-corrected chi connectivity index (χ3v) is 6.85. The van der Waals surface area contributed by atoms with E-state index in [1.54, 1.807) is 13.4 Å². The molecule has 2 unspecified atom stereocenters. The fraction of sp³-hybridized carbons (Fsp3) is 0.500. The summed E-state index contributed by atoms with van der Waals surface area (Å²) < 4.78 is 5.05. The van der Waals surface area contributed by atoms with Crippen molar-refractivity contribution in [2.24, 2.45) is 10.9 Å². The lowest BCUT2D eigenvalue weighted by Crippen LogP contribution is -2.39. The zero-order valence-corrected chi connectivity index (χ0v) is 22.6. The minimum absolute atomic E-state index is 0.0250. The van der Waals surface area contributed by atoms with Crippen LogP contribution in [0, 0.1) is 5.92 Å². The van der Waals surface area contributed by atoms with Gasteiger partial charge in [-0.3, -0.25) is 9.79 Å². The molecule has 1 aliphatic rings. The maximum Gasteiger partial charge on any atom is 0.246 e. The highest BCUT2D eigenvalue weighted by Gasteiger charge is 2.29. The van der Waals surface area contributed by atoms with Gasteiger partial charge in [-0.05, 0) is 99.5 Å². The average Bonchev–Trinajstić information content (AvgIpc) is 2.84. The van der Waals surface area contributed by atoms with E-state index in [0.29, 0.717) is 16.9 Å². The summed E-state index contributed by atoms with van der Waals surface area (Å²) in [6.45, 7) is 10.7. The first kappa shape index (κ1) is 28.8. The Kier molecular flexibility index (Phi) is 12.2. The molecule has 0 radical (unpaired) electrons. The van der Waals surface area contributed by atoms with Crippen molar-refractivity contribution >= 4 is 29.4 Å². The van der Waals surface area contributed by atoms with E-state index in [-0.39, 0.29) is 12.5 Å². The Labute approximate surface area is 216 Å². The van der Waals surface area contributed by atoms with Crippen LogP contribution in [0.1, 0.15) is 50.2 Å². The summed E-state index contributed by atoms with van der Waals surface area (Å²) in [6.07, 6.45) is 11.1. The van der Waals surface area contributed by atoms with Crippen LogP contribution in [-0.4, -0.2) is 64.1 Å². The number of carbonyl (C=O) groups is 1. The van der Waals surface area contributed by atoms with Crippen LogP contribution in [0.25, 0.3) is 5.57 Å². The molecule has 1 saturated heterocycles. The van der Waals surface area contributed by atoms with Crippen molar-refractivity contribution in [3.63, 3.8) is 0 Å². The summed E-state index contributed by atoms with van der Waals surface area (Å²) in [6, 6.07) is 5.67. The summed E-state index contributed by atoms with van der Waals surface area (Å²) >= 11 is 6.50. The summed E-state index contributed by atoms with van der Waals surface area (Å²) in [5.74, 6) is 0.699. The highest BCUT2D eigenvalue weighted by atomic mass is 35.5. The van der Waals surface area contributed by atoms with Gasteiger partial charge in [0.25, 0.3) is 0 Å². The maximum absolute atomic E-state index is 12.5. The van der Waals surface area contributed by atoms with Crippen molar-refractivity contribution in [2.75, 3.05) is 40.9 Å². The Hall–Kier alpha value is -2.41. The highest BCUT2D eigenvalue weighted by Crippen LogP contribution is 2.40. The Morgan fingerprint density at radius 1 is 1.37 bits per heavy atom. The van der Waals surface area contributed by atoms with Crippen molar-refractivity contribution in [2.45, 2.75) is 45.1 Å². The molecule has 192 valence electrons. The molecule has 1 fully saturated rings. The molecule has 0 saturated carbocycles. The number of carbonyl (C=O) groups excluding carboxylic acids is 1. The van der Waals surface area contributed by atoms with E-state index in [4.69, 9.17) is 16.3 Å². The number of benzene rings is 1. The van der Waals surface area contributed by atoms with E-state index >= 15 is 0 Å². The smallest absolute Gasteiger partial charge is 0.246 e. The first-order valence-electron chi connectivity index (χ1n) is 12.2. The third kappa shape index (κ3) is 8.64. The Balaban J connectivity index is 2.51. The first-order valence-corrected chi connectivity index (χ1v) is 12.6. The molecule has 0 spiro atoms. The fourth-order valence-corrected chi connectivity index (χ4v) is 4.88. The second kappa shape index (κ2) is 14.9. The van der Waals surface area contributed by atoms with Crippen molar-refractivity contribution < 1.29 is 9.53 Å². The molecule has 2 N–H and O–H groups in total. The van der Waals surface area contributed by atoms with Crippen molar-refractivity contribution in [3.8, 4) is 0 Å². The van der Waals surface area contributed by atoms with E-state index in [1.165, 1.54) is 12.7 Å². The highest BCUT2D eigenvalue weighted by molar-refractivity contribution is 6.30. The Morgan fingerprint density at radius 2 is 2.09 bits per heavy atom. The second-order valence-corrected chi connectivity index (χ2v) is 9.62. The van der Waals surface area contributed by atoms with Crippen molar-refractivity contribution in [1.29, 1.82) is 0 Å². The van der Waals surface area contributed by atoms with Gasteiger partial charge in [0, 0.05) is 25.4 Å². The SMILES string of the molecule is C=C(c1cc(Cl)ccc1C(C/C=C\C)C1CCN(C)CC1)C(NC(=O)COC)/C(C)=C/NC=NC. The molecular formula is C28H41ClN4O2. The van der Waals surface area contributed by atoms with Crippen LogP contribution in [0.2, 0.25) is 5.02 Å². The lowest BCUT2D eigenvalue weighted by Gasteiger charge is -2.36. The van der Waals surface area contributed by atoms with E-state index in [2.05, 4.69) is 59.3 Å². The molecular weight excluding hydrogens is 460 g/mol. The van der Waals surface area contributed by atoms with Gasteiger partial charge in [-0.25, -0.2) is 0 Å². The van der Waals surface area contributed by atoms with Gasteiger partial charge in [0.05, 0.1) is 12.4 Å². The lowest BCUT2D eigenvalue weighted by atomic mass is 9.75. The molecule has 0 bridgehead atoms. The van der Waals surface area contributed by atoms with Crippen LogP contribution in [0.15, 0.2) is 53.7 Å².